The second-order valence-corrected chi connectivity index (χ2v) is 12.9. The van der Waals surface area contributed by atoms with Crippen molar-refractivity contribution >= 4 is 39.0 Å². The van der Waals surface area contributed by atoms with E-state index < -0.39 is 28.0 Å². The van der Waals surface area contributed by atoms with Gasteiger partial charge in [0.25, 0.3) is 0 Å². The van der Waals surface area contributed by atoms with E-state index in [4.69, 9.17) is 4.74 Å². The third kappa shape index (κ3) is 7.57. The Bertz CT molecular complexity index is 1480. The molecular weight excluding hydrogens is 581 g/mol. The molecule has 0 bridgehead atoms. The maximum absolute atomic E-state index is 14.3. The Morgan fingerprint density at radius 2 is 1.90 bits per heavy atom. The Balaban J connectivity index is 1.67. The average molecular weight is 615 g/mol. The molecule has 1 aliphatic carbocycles. The summed E-state index contributed by atoms with van der Waals surface area (Å²) in [5.74, 6) is 0.193. The number of thiazole rings is 1. The van der Waals surface area contributed by atoms with Gasteiger partial charge in [-0.15, -0.1) is 11.3 Å². The zero-order valence-electron chi connectivity index (χ0n) is 23.1. The minimum absolute atomic E-state index is 0.0573. The Labute approximate surface area is 240 Å². The van der Waals surface area contributed by atoms with Crippen molar-refractivity contribution in [2.24, 2.45) is 7.05 Å². The van der Waals surface area contributed by atoms with E-state index in [9.17, 15) is 26.4 Å². The van der Waals surface area contributed by atoms with Crippen molar-refractivity contribution in [3.05, 3.63) is 41.2 Å². The molecule has 41 heavy (non-hydrogen) atoms. The number of alkyl carbamates (subject to hydrolysis) is 1. The molecule has 15 heteroatoms. The van der Waals surface area contributed by atoms with Crippen LogP contribution in [0.3, 0.4) is 0 Å². The minimum Gasteiger partial charge on any atom is -0.447 e. The number of benzene rings is 1. The van der Waals surface area contributed by atoms with E-state index in [-0.39, 0.29) is 45.0 Å². The second-order valence-electron chi connectivity index (χ2n) is 10.1. The number of anilines is 2. The van der Waals surface area contributed by atoms with Crippen LogP contribution in [0.2, 0.25) is 0 Å². The van der Waals surface area contributed by atoms with Crippen molar-refractivity contribution in [2.75, 3.05) is 11.9 Å². The first-order chi connectivity index (χ1) is 19.3. The highest BCUT2D eigenvalue weighted by atomic mass is 32.2. The molecule has 2 aromatic heterocycles. The minimum atomic E-state index is -4.80. The summed E-state index contributed by atoms with van der Waals surface area (Å²) in [6.07, 6.45) is -1.73. The first kappa shape index (κ1) is 30.8. The molecule has 0 saturated heterocycles. The molecule has 1 fully saturated rings. The van der Waals surface area contributed by atoms with Crippen LogP contribution in [0.1, 0.15) is 63.1 Å². The molecule has 0 radical (unpaired) electrons. The van der Waals surface area contributed by atoms with Crippen molar-refractivity contribution in [2.45, 2.75) is 75.6 Å². The zero-order valence-corrected chi connectivity index (χ0v) is 24.7. The molecule has 0 spiro atoms. The summed E-state index contributed by atoms with van der Waals surface area (Å²) in [5, 5.41) is 10.3. The number of aryl methyl sites for hydroxylation is 1. The molecule has 0 atom stereocenters. The molecule has 1 amide bonds. The van der Waals surface area contributed by atoms with Gasteiger partial charge in [-0.05, 0) is 51.7 Å². The maximum atomic E-state index is 14.3. The van der Waals surface area contributed by atoms with E-state index in [1.54, 1.807) is 44.8 Å². The largest absolute Gasteiger partial charge is 0.447 e. The van der Waals surface area contributed by atoms with E-state index in [0.717, 1.165) is 11.3 Å². The SMILES string of the molecule is CCNS(=O)(=O)c1cc(Nc2ccn(C)n2)ccc1-c1sc(C2CCC(NC(=O)OC(C)C)CC2)nc1C(F)(F)F. The summed E-state index contributed by atoms with van der Waals surface area (Å²) in [5.41, 5.74) is -0.846. The number of hydrogen-bond donors (Lipinski definition) is 3. The third-order valence-electron chi connectivity index (χ3n) is 6.49. The summed E-state index contributed by atoms with van der Waals surface area (Å²) in [7, 11) is -2.44. The third-order valence-corrected chi connectivity index (χ3v) is 9.33. The van der Waals surface area contributed by atoms with Gasteiger partial charge in [0, 0.05) is 49.1 Å². The molecule has 10 nitrogen and oxygen atoms in total. The van der Waals surface area contributed by atoms with Crippen LogP contribution >= 0.6 is 11.3 Å². The van der Waals surface area contributed by atoms with Gasteiger partial charge in [0.05, 0.1) is 20.9 Å². The Kier molecular flexibility index (Phi) is 9.29. The summed E-state index contributed by atoms with van der Waals surface area (Å²) in [6.45, 7) is 5.14. The monoisotopic (exact) mass is 614 g/mol. The molecule has 0 unspecified atom stereocenters. The zero-order chi connectivity index (χ0) is 29.9. The number of carbonyl (C=O) groups is 1. The Morgan fingerprint density at radius 3 is 2.49 bits per heavy atom. The van der Waals surface area contributed by atoms with Crippen molar-refractivity contribution in [1.29, 1.82) is 0 Å². The van der Waals surface area contributed by atoms with Gasteiger partial charge in [-0.25, -0.2) is 22.9 Å². The van der Waals surface area contributed by atoms with Crippen LogP contribution < -0.4 is 15.4 Å². The molecule has 3 N–H and O–H groups in total. The predicted octanol–water partition coefficient (Wildman–Crippen LogP) is 5.77. The van der Waals surface area contributed by atoms with E-state index in [0.29, 0.717) is 37.2 Å². The lowest BCUT2D eigenvalue weighted by atomic mass is 9.86. The highest BCUT2D eigenvalue weighted by Gasteiger charge is 2.40. The standard InChI is InChI=1S/C26H33F3N6O4S2/c1-5-30-41(37,38)20-14-18(31-21-12-13-35(4)34-21)10-11-19(20)22-23(26(27,28)29)33-24(40-22)16-6-8-17(9-7-16)32-25(36)39-15(2)3/h10-17,30H,5-9H2,1-4H3,(H,31,34)(H,32,36). The van der Waals surface area contributed by atoms with Crippen molar-refractivity contribution in [1.82, 2.24) is 24.8 Å². The summed E-state index contributed by atoms with van der Waals surface area (Å²) < 4.78 is 78.2. The van der Waals surface area contributed by atoms with Gasteiger partial charge < -0.3 is 15.4 Å². The number of carbonyl (C=O) groups excluding carboxylic acids is 1. The van der Waals surface area contributed by atoms with Crippen LogP contribution in [0.15, 0.2) is 35.4 Å². The normalized spacial score (nSPS) is 18.0. The quantitative estimate of drug-likeness (QED) is 0.280. The average Bonchev–Trinajstić information content (AvgIpc) is 3.50. The highest BCUT2D eigenvalue weighted by molar-refractivity contribution is 7.89. The Morgan fingerprint density at radius 1 is 1.20 bits per heavy atom. The molecular formula is C26H33F3N6O4S2. The summed E-state index contributed by atoms with van der Waals surface area (Å²) in [4.78, 5) is 15.4. The molecule has 0 aliphatic heterocycles. The number of nitrogens with one attached hydrogen (secondary N) is 3. The number of sulfonamides is 1. The molecule has 4 rings (SSSR count). The number of halogens is 3. The first-order valence-electron chi connectivity index (χ1n) is 13.2. The number of rotatable bonds is 9. The summed E-state index contributed by atoms with van der Waals surface area (Å²) in [6, 6.07) is 5.72. The van der Waals surface area contributed by atoms with Crippen LogP contribution in [0.5, 0.6) is 0 Å². The smallest absolute Gasteiger partial charge is 0.434 e. The topological polar surface area (TPSA) is 127 Å². The van der Waals surface area contributed by atoms with Gasteiger partial charge in [0.2, 0.25) is 10.0 Å². The lowest BCUT2D eigenvalue weighted by Gasteiger charge is -2.28. The number of aromatic nitrogens is 3. The van der Waals surface area contributed by atoms with E-state index in [2.05, 4.69) is 25.4 Å². The fraction of sp³-hybridized carbons (Fsp3) is 0.500. The first-order valence-corrected chi connectivity index (χ1v) is 15.5. The molecule has 1 aromatic carbocycles. The van der Waals surface area contributed by atoms with Crippen molar-refractivity contribution < 1.29 is 31.1 Å². The van der Waals surface area contributed by atoms with E-state index in [1.165, 1.54) is 18.2 Å². The number of hydrogen-bond acceptors (Lipinski definition) is 8. The molecule has 2 heterocycles. The number of amides is 1. The fourth-order valence-electron chi connectivity index (χ4n) is 4.69. The van der Waals surface area contributed by atoms with Crippen molar-refractivity contribution in [3.63, 3.8) is 0 Å². The van der Waals surface area contributed by atoms with Gasteiger partial charge >= 0.3 is 12.3 Å². The molecule has 1 saturated carbocycles. The van der Waals surface area contributed by atoms with Gasteiger partial charge in [-0.1, -0.05) is 13.0 Å². The van der Waals surface area contributed by atoms with Crippen LogP contribution in [0.25, 0.3) is 10.4 Å². The van der Waals surface area contributed by atoms with Crippen LogP contribution in [0, 0.1) is 0 Å². The van der Waals surface area contributed by atoms with Crippen LogP contribution in [0.4, 0.5) is 29.5 Å². The second kappa shape index (κ2) is 12.4. The molecule has 224 valence electrons. The molecule has 3 aromatic rings. The fourth-order valence-corrected chi connectivity index (χ4v) is 7.33. The lowest BCUT2D eigenvalue weighted by molar-refractivity contribution is -0.140. The Hall–Kier alpha value is -3.17. The summed E-state index contributed by atoms with van der Waals surface area (Å²) >= 11 is 0.860. The number of ether oxygens (including phenoxy) is 1. The van der Waals surface area contributed by atoms with Gasteiger partial charge in [-0.2, -0.15) is 18.3 Å². The van der Waals surface area contributed by atoms with Gasteiger partial charge in [0.15, 0.2) is 11.5 Å². The number of nitrogens with zero attached hydrogens (tertiary/aromatic N) is 3. The van der Waals surface area contributed by atoms with Crippen LogP contribution in [-0.2, 0) is 28.0 Å². The molecule has 1 aliphatic rings. The van der Waals surface area contributed by atoms with E-state index in [1.807, 2.05) is 0 Å². The lowest BCUT2D eigenvalue weighted by Crippen LogP contribution is -2.38. The van der Waals surface area contributed by atoms with Crippen molar-refractivity contribution in [3.8, 4) is 10.4 Å². The van der Waals surface area contributed by atoms with E-state index >= 15 is 0 Å². The number of alkyl halides is 3. The van der Waals surface area contributed by atoms with Gasteiger partial charge in [-0.3, -0.25) is 4.68 Å². The van der Waals surface area contributed by atoms with Gasteiger partial charge in [0.1, 0.15) is 0 Å². The van der Waals surface area contributed by atoms with Crippen LogP contribution in [-0.4, -0.2) is 48.0 Å². The predicted molar refractivity (Wildman–Crippen MR) is 150 cm³/mol. The highest BCUT2D eigenvalue weighted by Crippen LogP contribution is 2.46. The maximum Gasteiger partial charge on any atom is 0.434 e.